The summed E-state index contributed by atoms with van der Waals surface area (Å²) in [6.07, 6.45) is 6.18. The van der Waals surface area contributed by atoms with Gasteiger partial charge in [-0.1, -0.05) is 18.2 Å². The number of nitrogens with one attached hydrogen (secondary N) is 2. The highest BCUT2D eigenvalue weighted by Crippen LogP contribution is 2.17. The fourth-order valence-electron chi connectivity index (χ4n) is 1.73. The topological polar surface area (TPSA) is 78.4 Å². The third-order valence-corrected chi connectivity index (χ3v) is 2.61. The molecule has 0 aromatic rings. The normalized spacial score (nSPS) is 24.1. The Labute approximate surface area is 101 Å². The summed E-state index contributed by atoms with van der Waals surface area (Å²) in [5.74, 6) is -1.35. The van der Waals surface area contributed by atoms with Crippen LogP contribution in [0.15, 0.2) is 24.8 Å². The second-order valence-corrected chi connectivity index (χ2v) is 4.22. The molecule has 2 amide bonds. The van der Waals surface area contributed by atoms with Gasteiger partial charge in [0.25, 0.3) is 0 Å². The number of amides is 2. The molecular formula is C12H18N2O3. The number of carboxylic acids is 1. The van der Waals surface area contributed by atoms with E-state index in [2.05, 4.69) is 17.2 Å². The molecule has 17 heavy (non-hydrogen) atoms. The molecule has 0 fully saturated rings. The van der Waals surface area contributed by atoms with E-state index in [-0.39, 0.29) is 18.1 Å². The highest BCUT2D eigenvalue weighted by molar-refractivity contribution is 5.76. The minimum Gasteiger partial charge on any atom is -0.481 e. The van der Waals surface area contributed by atoms with E-state index in [1.807, 2.05) is 6.92 Å². The van der Waals surface area contributed by atoms with E-state index in [4.69, 9.17) is 5.11 Å². The Morgan fingerprint density at radius 3 is 2.82 bits per heavy atom. The smallest absolute Gasteiger partial charge is 0.315 e. The first-order chi connectivity index (χ1) is 8.02. The molecule has 5 heteroatoms. The summed E-state index contributed by atoms with van der Waals surface area (Å²) in [5.41, 5.74) is 0. The number of carbonyl (C=O) groups is 2. The molecule has 0 aromatic carbocycles. The van der Waals surface area contributed by atoms with Gasteiger partial charge in [0.1, 0.15) is 0 Å². The van der Waals surface area contributed by atoms with Crippen molar-refractivity contribution in [3.63, 3.8) is 0 Å². The first-order valence-electron chi connectivity index (χ1n) is 5.62. The molecule has 3 atom stereocenters. The average Bonchev–Trinajstić information content (AvgIpc) is 2.66. The summed E-state index contributed by atoms with van der Waals surface area (Å²) in [6.45, 7) is 5.47. The summed E-state index contributed by atoms with van der Waals surface area (Å²) < 4.78 is 0. The second-order valence-electron chi connectivity index (χ2n) is 4.22. The minimum absolute atomic E-state index is 0.0214. The Morgan fingerprint density at radius 1 is 1.59 bits per heavy atom. The molecule has 1 aliphatic rings. The lowest BCUT2D eigenvalue weighted by Crippen LogP contribution is -2.44. The molecule has 0 saturated heterocycles. The molecule has 0 aromatic heterocycles. The van der Waals surface area contributed by atoms with Crippen LogP contribution < -0.4 is 10.6 Å². The van der Waals surface area contributed by atoms with Gasteiger partial charge in [0.15, 0.2) is 0 Å². The summed E-state index contributed by atoms with van der Waals surface area (Å²) in [6, 6.07) is -0.458. The van der Waals surface area contributed by atoms with Crippen molar-refractivity contribution in [2.24, 2.45) is 5.92 Å². The standard InChI is InChI=1S/C12H18N2O3/c1-3-4-8(2)13-12(17)14-10-6-5-9(7-10)11(15)16/h3,5-6,8-10H,1,4,7H2,2H3,(H,15,16)(H2,13,14,17). The quantitative estimate of drug-likeness (QED) is 0.631. The predicted octanol–water partition coefficient (Wildman–Crippen LogP) is 1.28. The van der Waals surface area contributed by atoms with Gasteiger partial charge in [-0.2, -0.15) is 0 Å². The third-order valence-electron chi connectivity index (χ3n) is 2.61. The predicted molar refractivity (Wildman–Crippen MR) is 64.6 cm³/mol. The van der Waals surface area contributed by atoms with Crippen LogP contribution >= 0.6 is 0 Å². The number of carbonyl (C=O) groups excluding carboxylic acids is 1. The highest BCUT2D eigenvalue weighted by Gasteiger charge is 2.25. The summed E-state index contributed by atoms with van der Waals surface area (Å²) >= 11 is 0. The number of carboxylic acid groups (broad SMARTS) is 1. The van der Waals surface area contributed by atoms with Crippen molar-refractivity contribution in [2.75, 3.05) is 0 Å². The Morgan fingerprint density at radius 2 is 2.29 bits per heavy atom. The number of urea groups is 1. The molecule has 0 heterocycles. The first kappa shape index (κ1) is 13.3. The van der Waals surface area contributed by atoms with Crippen molar-refractivity contribution in [3.05, 3.63) is 24.8 Å². The van der Waals surface area contributed by atoms with Crippen LogP contribution in [0.4, 0.5) is 4.79 Å². The molecule has 0 radical (unpaired) electrons. The molecular weight excluding hydrogens is 220 g/mol. The Hall–Kier alpha value is -1.78. The first-order valence-corrected chi connectivity index (χ1v) is 5.62. The van der Waals surface area contributed by atoms with Gasteiger partial charge in [-0.15, -0.1) is 6.58 Å². The van der Waals surface area contributed by atoms with Gasteiger partial charge in [0, 0.05) is 6.04 Å². The maximum atomic E-state index is 11.5. The lowest BCUT2D eigenvalue weighted by atomic mass is 10.1. The molecule has 0 spiro atoms. The minimum atomic E-state index is -0.856. The van der Waals surface area contributed by atoms with Gasteiger partial charge in [0.05, 0.1) is 12.0 Å². The van der Waals surface area contributed by atoms with Crippen LogP contribution in [0.3, 0.4) is 0 Å². The highest BCUT2D eigenvalue weighted by atomic mass is 16.4. The van der Waals surface area contributed by atoms with Crippen LogP contribution in [0.5, 0.6) is 0 Å². The lowest BCUT2D eigenvalue weighted by Gasteiger charge is -2.16. The van der Waals surface area contributed by atoms with Crippen LogP contribution in [0, 0.1) is 5.92 Å². The van der Waals surface area contributed by atoms with Gasteiger partial charge < -0.3 is 15.7 Å². The molecule has 0 saturated carbocycles. The molecule has 3 N–H and O–H groups in total. The zero-order valence-corrected chi connectivity index (χ0v) is 9.85. The lowest BCUT2D eigenvalue weighted by molar-refractivity contribution is -0.140. The van der Waals surface area contributed by atoms with Crippen LogP contribution in [0.1, 0.15) is 19.8 Å². The summed E-state index contributed by atoms with van der Waals surface area (Å²) in [4.78, 5) is 22.2. The van der Waals surface area contributed by atoms with Crippen molar-refractivity contribution in [1.82, 2.24) is 10.6 Å². The van der Waals surface area contributed by atoms with E-state index >= 15 is 0 Å². The van der Waals surface area contributed by atoms with Crippen LogP contribution in [-0.4, -0.2) is 29.2 Å². The van der Waals surface area contributed by atoms with Crippen LogP contribution in [0.25, 0.3) is 0 Å². The third kappa shape index (κ3) is 4.30. The van der Waals surface area contributed by atoms with E-state index in [1.54, 1.807) is 18.2 Å². The molecule has 5 nitrogen and oxygen atoms in total. The van der Waals surface area contributed by atoms with E-state index in [0.717, 1.165) is 0 Å². The van der Waals surface area contributed by atoms with Gasteiger partial charge in [-0.25, -0.2) is 4.79 Å². The number of hydrogen-bond donors (Lipinski definition) is 3. The van der Waals surface area contributed by atoms with E-state index < -0.39 is 11.9 Å². The number of aliphatic carboxylic acids is 1. The van der Waals surface area contributed by atoms with Gasteiger partial charge in [-0.3, -0.25) is 4.79 Å². The van der Waals surface area contributed by atoms with E-state index in [1.165, 1.54) is 0 Å². The molecule has 0 bridgehead atoms. The molecule has 3 unspecified atom stereocenters. The molecule has 1 aliphatic carbocycles. The van der Waals surface area contributed by atoms with Gasteiger partial charge >= 0.3 is 12.0 Å². The van der Waals surface area contributed by atoms with Crippen molar-refractivity contribution in [3.8, 4) is 0 Å². The summed E-state index contributed by atoms with van der Waals surface area (Å²) in [5, 5.41) is 14.3. The molecule has 1 rings (SSSR count). The molecule has 0 aliphatic heterocycles. The molecule has 94 valence electrons. The van der Waals surface area contributed by atoms with Crippen molar-refractivity contribution >= 4 is 12.0 Å². The average molecular weight is 238 g/mol. The number of rotatable bonds is 5. The monoisotopic (exact) mass is 238 g/mol. The maximum absolute atomic E-state index is 11.5. The fraction of sp³-hybridized carbons (Fsp3) is 0.500. The number of hydrogen-bond acceptors (Lipinski definition) is 2. The Balaban J connectivity index is 2.31. The van der Waals surface area contributed by atoms with Crippen molar-refractivity contribution < 1.29 is 14.7 Å². The van der Waals surface area contributed by atoms with E-state index in [0.29, 0.717) is 12.8 Å². The summed E-state index contributed by atoms with van der Waals surface area (Å²) in [7, 11) is 0. The van der Waals surface area contributed by atoms with Gasteiger partial charge in [-0.05, 0) is 19.8 Å². The SMILES string of the molecule is C=CCC(C)NC(=O)NC1C=CC(C(=O)O)C1. The van der Waals surface area contributed by atoms with Crippen LogP contribution in [-0.2, 0) is 4.79 Å². The zero-order chi connectivity index (χ0) is 12.8. The maximum Gasteiger partial charge on any atom is 0.315 e. The Kier molecular flexibility index (Phi) is 4.75. The second kappa shape index (κ2) is 6.08. The van der Waals surface area contributed by atoms with E-state index in [9.17, 15) is 9.59 Å². The van der Waals surface area contributed by atoms with Gasteiger partial charge in [0.2, 0.25) is 0 Å². The zero-order valence-electron chi connectivity index (χ0n) is 9.85. The van der Waals surface area contributed by atoms with Crippen molar-refractivity contribution in [2.45, 2.75) is 31.8 Å². The fourth-order valence-corrected chi connectivity index (χ4v) is 1.73. The Bertz CT molecular complexity index is 339. The van der Waals surface area contributed by atoms with Crippen LogP contribution in [0.2, 0.25) is 0 Å². The largest absolute Gasteiger partial charge is 0.481 e. The van der Waals surface area contributed by atoms with Crippen molar-refractivity contribution in [1.29, 1.82) is 0 Å².